The van der Waals surface area contributed by atoms with Crippen molar-refractivity contribution in [3.05, 3.63) is 46.5 Å². The zero-order valence-electron chi connectivity index (χ0n) is 10.5. The fourth-order valence-corrected chi connectivity index (χ4v) is 1.69. The van der Waals surface area contributed by atoms with E-state index >= 15 is 0 Å². The second-order valence-electron chi connectivity index (χ2n) is 3.91. The quantitative estimate of drug-likeness (QED) is 0.943. The van der Waals surface area contributed by atoms with Crippen molar-refractivity contribution in [2.24, 2.45) is 0 Å². The smallest absolute Gasteiger partial charge is 0.449 e. The summed E-state index contributed by atoms with van der Waals surface area (Å²) >= 11 is 0. The molecule has 1 aromatic heterocycles. The van der Waals surface area contributed by atoms with Crippen LogP contribution in [-0.4, -0.2) is 16.6 Å². The predicted molar refractivity (Wildman–Crippen MR) is 66.5 cm³/mol. The Labute approximate surface area is 112 Å². The van der Waals surface area contributed by atoms with Crippen LogP contribution in [0.5, 0.6) is 5.75 Å². The summed E-state index contributed by atoms with van der Waals surface area (Å²) in [4.78, 5) is 16.5. The molecule has 0 aliphatic carbocycles. The van der Waals surface area contributed by atoms with Crippen LogP contribution in [0.25, 0.3) is 11.3 Å². The number of nitrogens with one attached hydrogen (secondary N) is 1. The molecule has 4 nitrogen and oxygen atoms in total. The van der Waals surface area contributed by atoms with Crippen molar-refractivity contribution < 1.29 is 17.9 Å². The number of rotatable bonds is 3. The Morgan fingerprint density at radius 1 is 1.30 bits per heavy atom. The summed E-state index contributed by atoms with van der Waals surface area (Å²) in [6, 6.07) is 7.48. The van der Waals surface area contributed by atoms with Crippen LogP contribution < -0.4 is 10.3 Å². The molecule has 1 heterocycles. The SMILES string of the molecule is CCOc1ccccc1-c1cc(=O)[nH]c(C(F)(F)F)n1. The first-order chi connectivity index (χ1) is 9.41. The summed E-state index contributed by atoms with van der Waals surface area (Å²) in [6.45, 7) is 2.11. The normalized spacial score (nSPS) is 11.4. The third-order valence-electron chi connectivity index (χ3n) is 2.47. The maximum absolute atomic E-state index is 12.6. The van der Waals surface area contributed by atoms with Gasteiger partial charge in [0, 0.05) is 11.6 Å². The van der Waals surface area contributed by atoms with Crippen LogP contribution in [0.15, 0.2) is 35.1 Å². The number of nitrogens with zero attached hydrogens (tertiary/aromatic N) is 1. The van der Waals surface area contributed by atoms with E-state index in [-0.39, 0.29) is 5.69 Å². The second kappa shape index (κ2) is 5.36. The Morgan fingerprint density at radius 3 is 2.65 bits per heavy atom. The van der Waals surface area contributed by atoms with Crippen molar-refractivity contribution in [3.8, 4) is 17.0 Å². The molecule has 0 aliphatic heterocycles. The number of alkyl halides is 3. The highest BCUT2D eigenvalue weighted by Gasteiger charge is 2.34. The molecule has 0 unspecified atom stereocenters. The van der Waals surface area contributed by atoms with E-state index in [2.05, 4.69) is 4.98 Å². The van der Waals surface area contributed by atoms with Crippen molar-refractivity contribution in [3.63, 3.8) is 0 Å². The summed E-state index contributed by atoms with van der Waals surface area (Å²) in [6.07, 6.45) is -4.71. The van der Waals surface area contributed by atoms with Crippen LogP contribution in [0.4, 0.5) is 13.2 Å². The lowest BCUT2D eigenvalue weighted by atomic mass is 10.1. The highest BCUT2D eigenvalue weighted by molar-refractivity contribution is 5.66. The number of hydrogen-bond acceptors (Lipinski definition) is 3. The van der Waals surface area contributed by atoms with Gasteiger partial charge in [0.25, 0.3) is 5.56 Å². The van der Waals surface area contributed by atoms with Gasteiger partial charge in [-0.15, -0.1) is 0 Å². The summed E-state index contributed by atoms with van der Waals surface area (Å²) in [5.41, 5.74) is -0.607. The van der Waals surface area contributed by atoms with E-state index in [9.17, 15) is 18.0 Å². The molecule has 0 bridgehead atoms. The first kappa shape index (κ1) is 14.1. The standard InChI is InChI=1S/C13H11F3N2O2/c1-2-20-10-6-4-3-5-8(10)9-7-11(19)18-12(17-9)13(14,15)16/h3-7H,2H2,1H3,(H,17,18,19). The Morgan fingerprint density at radius 2 is 2.00 bits per heavy atom. The lowest BCUT2D eigenvalue weighted by molar-refractivity contribution is -0.145. The van der Waals surface area contributed by atoms with Crippen LogP contribution in [0, 0.1) is 0 Å². The lowest BCUT2D eigenvalue weighted by Gasteiger charge is -2.11. The van der Waals surface area contributed by atoms with Gasteiger partial charge in [0.1, 0.15) is 5.75 Å². The van der Waals surface area contributed by atoms with Crippen molar-refractivity contribution in [1.29, 1.82) is 0 Å². The van der Waals surface area contributed by atoms with Gasteiger partial charge >= 0.3 is 6.18 Å². The highest BCUT2D eigenvalue weighted by atomic mass is 19.4. The molecule has 0 saturated heterocycles. The minimum atomic E-state index is -4.71. The van der Waals surface area contributed by atoms with E-state index in [1.165, 1.54) is 0 Å². The van der Waals surface area contributed by atoms with E-state index in [4.69, 9.17) is 4.74 Å². The Bertz CT molecular complexity index is 665. The van der Waals surface area contributed by atoms with Gasteiger partial charge in [0.2, 0.25) is 5.82 Å². The van der Waals surface area contributed by atoms with E-state index < -0.39 is 17.6 Å². The number of H-pyrrole nitrogens is 1. The summed E-state index contributed by atoms with van der Waals surface area (Å²) in [5, 5.41) is 0. The fourth-order valence-electron chi connectivity index (χ4n) is 1.69. The molecule has 7 heteroatoms. The number of hydrogen-bond donors (Lipinski definition) is 1. The third kappa shape index (κ3) is 2.98. The molecule has 2 aromatic rings. The van der Waals surface area contributed by atoms with E-state index in [0.29, 0.717) is 17.9 Å². The molecule has 1 aromatic carbocycles. The van der Waals surface area contributed by atoms with Gasteiger partial charge in [-0.25, -0.2) is 4.98 Å². The summed E-state index contributed by atoms with van der Waals surface area (Å²) < 4.78 is 43.3. The molecule has 106 valence electrons. The number of halogens is 3. The van der Waals surface area contributed by atoms with Gasteiger partial charge in [0.15, 0.2) is 0 Å². The molecule has 0 amide bonds. The molecule has 1 N–H and O–H groups in total. The van der Waals surface area contributed by atoms with Gasteiger partial charge in [-0.1, -0.05) is 12.1 Å². The monoisotopic (exact) mass is 284 g/mol. The molecule has 0 spiro atoms. The first-order valence-electron chi connectivity index (χ1n) is 5.82. The average molecular weight is 284 g/mol. The number of benzene rings is 1. The zero-order valence-corrected chi connectivity index (χ0v) is 10.5. The molecule has 20 heavy (non-hydrogen) atoms. The van der Waals surface area contributed by atoms with Gasteiger partial charge in [0.05, 0.1) is 12.3 Å². The van der Waals surface area contributed by atoms with Crippen LogP contribution in [0.1, 0.15) is 12.7 Å². The van der Waals surface area contributed by atoms with Crippen molar-refractivity contribution in [1.82, 2.24) is 9.97 Å². The minimum absolute atomic E-state index is 0.0786. The number of aromatic nitrogens is 2. The van der Waals surface area contributed by atoms with E-state index in [1.54, 1.807) is 36.2 Å². The second-order valence-corrected chi connectivity index (χ2v) is 3.91. The molecule has 0 radical (unpaired) electrons. The van der Waals surface area contributed by atoms with Crippen molar-refractivity contribution in [2.45, 2.75) is 13.1 Å². The Hall–Kier alpha value is -2.31. The molecular weight excluding hydrogens is 273 g/mol. The minimum Gasteiger partial charge on any atom is -0.493 e. The number of aromatic amines is 1. The largest absolute Gasteiger partial charge is 0.493 e. The topological polar surface area (TPSA) is 55.0 Å². The van der Waals surface area contributed by atoms with Gasteiger partial charge in [-0.2, -0.15) is 13.2 Å². The first-order valence-corrected chi connectivity index (χ1v) is 5.82. The van der Waals surface area contributed by atoms with Crippen LogP contribution in [-0.2, 0) is 6.18 Å². The number of para-hydroxylation sites is 1. The average Bonchev–Trinajstić information content (AvgIpc) is 2.38. The highest BCUT2D eigenvalue weighted by Crippen LogP contribution is 2.30. The van der Waals surface area contributed by atoms with Gasteiger partial charge < -0.3 is 9.72 Å². The molecular formula is C13H11F3N2O2. The zero-order chi connectivity index (χ0) is 14.8. The van der Waals surface area contributed by atoms with Gasteiger partial charge in [-0.05, 0) is 19.1 Å². The predicted octanol–water partition coefficient (Wildman–Crippen LogP) is 2.85. The van der Waals surface area contributed by atoms with Crippen molar-refractivity contribution >= 4 is 0 Å². The van der Waals surface area contributed by atoms with Crippen LogP contribution >= 0.6 is 0 Å². The van der Waals surface area contributed by atoms with E-state index in [0.717, 1.165) is 6.07 Å². The molecule has 0 saturated carbocycles. The van der Waals surface area contributed by atoms with E-state index in [1.807, 2.05) is 0 Å². The Kier molecular flexibility index (Phi) is 3.78. The van der Waals surface area contributed by atoms with Crippen LogP contribution in [0.3, 0.4) is 0 Å². The number of ether oxygens (including phenoxy) is 1. The molecule has 2 rings (SSSR count). The maximum atomic E-state index is 12.6. The molecule has 0 aliphatic rings. The third-order valence-corrected chi connectivity index (χ3v) is 2.47. The van der Waals surface area contributed by atoms with Crippen molar-refractivity contribution in [2.75, 3.05) is 6.61 Å². The van der Waals surface area contributed by atoms with Crippen LogP contribution in [0.2, 0.25) is 0 Å². The summed E-state index contributed by atoms with van der Waals surface area (Å²) in [5.74, 6) is -0.951. The summed E-state index contributed by atoms with van der Waals surface area (Å²) in [7, 11) is 0. The lowest BCUT2D eigenvalue weighted by Crippen LogP contribution is -2.19. The molecule has 0 atom stereocenters. The Balaban J connectivity index is 2.59. The van der Waals surface area contributed by atoms with Gasteiger partial charge in [-0.3, -0.25) is 4.79 Å². The fraction of sp³-hybridized carbons (Fsp3) is 0.231. The maximum Gasteiger partial charge on any atom is 0.449 e. The molecule has 0 fully saturated rings.